The standard InChI is InChI=1S/C14H17BrF2O2/c1-8-6-9(2)14(15)10(3)13(8)11(18)4-5-19-7-12(16)17/h6,12H,4-5,7H2,1-3H3. The molecule has 0 aliphatic rings. The molecule has 0 fully saturated rings. The van der Waals surface area contributed by atoms with Crippen LogP contribution < -0.4 is 0 Å². The molecule has 2 nitrogen and oxygen atoms in total. The summed E-state index contributed by atoms with van der Waals surface area (Å²) in [4.78, 5) is 12.1. The predicted molar refractivity (Wildman–Crippen MR) is 74.1 cm³/mol. The van der Waals surface area contributed by atoms with Crippen LogP contribution in [0.4, 0.5) is 8.78 Å². The van der Waals surface area contributed by atoms with Crippen molar-refractivity contribution in [3.8, 4) is 0 Å². The van der Waals surface area contributed by atoms with Gasteiger partial charge in [-0.1, -0.05) is 22.0 Å². The number of ether oxygens (including phenoxy) is 1. The Morgan fingerprint density at radius 3 is 2.53 bits per heavy atom. The van der Waals surface area contributed by atoms with Crippen LogP contribution >= 0.6 is 15.9 Å². The van der Waals surface area contributed by atoms with Crippen LogP contribution in [0.3, 0.4) is 0 Å². The van der Waals surface area contributed by atoms with Gasteiger partial charge in [0.15, 0.2) is 5.78 Å². The lowest BCUT2D eigenvalue weighted by atomic mass is 9.95. The zero-order valence-corrected chi connectivity index (χ0v) is 12.8. The van der Waals surface area contributed by atoms with E-state index in [1.54, 1.807) is 0 Å². The van der Waals surface area contributed by atoms with E-state index in [4.69, 9.17) is 4.74 Å². The molecule has 0 bridgehead atoms. The molecule has 106 valence electrons. The predicted octanol–water partition coefficient (Wildman–Crippen LogP) is 4.23. The second-order valence-electron chi connectivity index (χ2n) is 4.46. The lowest BCUT2D eigenvalue weighted by molar-refractivity contribution is 0.0169. The van der Waals surface area contributed by atoms with Gasteiger partial charge in [0.25, 0.3) is 6.43 Å². The molecule has 1 rings (SSSR count). The molecule has 0 atom stereocenters. The minimum Gasteiger partial charge on any atom is -0.375 e. The van der Waals surface area contributed by atoms with Crippen molar-refractivity contribution < 1.29 is 18.3 Å². The molecule has 0 heterocycles. The Bertz CT molecular complexity index is 473. The Balaban J connectivity index is 2.75. The van der Waals surface area contributed by atoms with E-state index in [0.717, 1.165) is 21.2 Å². The summed E-state index contributed by atoms with van der Waals surface area (Å²) in [6.07, 6.45) is -2.38. The molecule has 5 heteroatoms. The van der Waals surface area contributed by atoms with Crippen LogP contribution in [0.2, 0.25) is 0 Å². The van der Waals surface area contributed by atoms with E-state index >= 15 is 0 Å². The first-order valence-electron chi connectivity index (χ1n) is 6.00. The van der Waals surface area contributed by atoms with E-state index in [2.05, 4.69) is 15.9 Å². The topological polar surface area (TPSA) is 26.3 Å². The van der Waals surface area contributed by atoms with E-state index in [-0.39, 0.29) is 18.8 Å². The summed E-state index contributed by atoms with van der Waals surface area (Å²) in [6.45, 7) is 5.11. The van der Waals surface area contributed by atoms with Crippen LogP contribution in [0.25, 0.3) is 0 Å². The maximum Gasteiger partial charge on any atom is 0.261 e. The molecule has 0 unspecified atom stereocenters. The summed E-state index contributed by atoms with van der Waals surface area (Å²) in [6, 6.07) is 1.93. The molecular weight excluding hydrogens is 318 g/mol. The summed E-state index contributed by atoms with van der Waals surface area (Å²) in [7, 11) is 0. The number of Topliss-reactive ketones (excluding diaryl/α,β-unsaturated/α-hetero) is 1. The summed E-state index contributed by atoms with van der Waals surface area (Å²) in [5, 5.41) is 0. The molecule has 0 aliphatic carbocycles. The van der Waals surface area contributed by atoms with E-state index < -0.39 is 13.0 Å². The SMILES string of the molecule is Cc1cc(C)c(C(=O)CCOCC(F)F)c(C)c1Br. The minimum atomic E-state index is -2.49. The molecule has 0 saturated heterocycles. The van der Waals surface area contributed by atoms with Crippen molar-refractivity contribution in [1.82, 2.24) is 0 Å². The number of hydrogen-bond donors (Lipinski definition) is 0. The fraction of sp³-hybridized carbons (Fsp3) is 0.500. The van der Waals surface area contributed by atoms with Crippen molar-refractivity contribution in [2.75, 3.05) is 13.2 Å². The van der Waals surface area contributed by atoms with E-state index in [0.29, 0.717) is 5.56 Å². The number of rotatable bonds is 6. The number of aryl methyl sites for hydroxylation is 2. The smallest absolute Gasteiger partial charge is 0.261 e. The third-order valence-corrected chi connectivity index (χ3v) is 4.09. The largest absolute Gasteiger partial charge is 0.375 e. The number of hydrogen-bond acceptors (Lipinski definition) is 2. The first-order valence-corrected chi connectivity index (χ1v) is 6.79. The number of halogens is 3. The number of alkyl halides is 2. The van der Waals surface area contributed by atoms with Crippen molar-refractivity contribution in [2.24, 2.45) is 0 Å². The van der Waals surface area contributed by atoms with E-state index in [1.807, 2.05) is 26.8 Å². The van der Waals surface area contributed by atoms with Crippen molar-refractivity contribution >= 4 is 21.7 Å². The summed E-state index contributed by atoms with van der Waals surface area (Å²) in [5.41, 5.74) is 3.51. The average molecular weight is 335 g/mol. The van der Waals surface area contributed by atoms with Gasteiger partial charge >= 0.3 is 0 Å². The molecule has 19 heavy (non-hydrogen) atoms. The highest BCUT2D eigenvalue weighted by molar-refractivity contribution is 9.10. The van der Waals surface area contributed by atoms with Crippen molar-refractivity contribution in [1.29, 1.82) is 0 Å². The van der Waals surface area contributed by atoms with E-state index in [1.165, 1.54) is 0 Å². The summed E-state index contributed by atoms with van der Waals surface area (Å²) >= 11 is 3.45. The van der Waals surface area contributed by atoms with Crippen LogP contribution in [0.5, 0.6) is 0 Å². The second kappa shape index (κ2) is 7.10. The number of carbonyl (C=O) groups is 1. The average Bonchev–Trinajstić information content (AvgIpc) is 2.31. The van der Waals surface area contributed by atoms with Gasteiger partial charge in [-0.2, -0.15) is 0 Å². The van der Waals surface area contributed by atoms with Crippen LogP contribution in [0, 0.1) is 20.8 Å². The zero-order valence-electron chi connectivity index (χ0n) is 11.2. The Morgan fingerprint density at radius 1 is 1.32 bits per heavy atom. The van der Waals surface area contributed by atoms with Gasteiger partial charge in [0.1, 0.15) is 6.61 Å². The molecule has 0 aliphatic heterocycles. The molecule has 0 saturated carbocycles. The minimum absolute atomic E-state index is 0.0214. The van der Waals surface area contributed by atoms with Crippen LogP contribution in [0.1, 0.15) is 33.5 Å². The van der Waals surface area contributed by atoms with Gasteiger partial charge in [-0.15, -0.1) is 0 Å². The van der Waals surface area contributed by atoms with Crippen LogP contribution in [-0.4, -0.2) is 25.4 Å². The fourth-order valence-electron chi connectivity index (χ4n) is 2.05. The molecular formula is C14H17BrF2O2. The highest BCUT2D eigenvalue weighted by Crippen LogP contribution is 2.27. The molecule has 1 aromatic carbocycles. The van der Waals surface area contributed by atoms with Crippen LogP contribution in [-0.2, 0) is 4.74 Å². The van der Waals surface area contributed by atoms with Gasteiger partial charge in [0.05, 0.1) is 6.61 Å². The lowest BCUT2D eigenvalue weighted by Crippen LogP contribution is -2.12. The Labute approximate surface area is 120 Å². The highest BCUT2D eigenvalue weighted by atomic mass is 79.9. The Morgan fingerprint density at radius 2 is 1.95 bits per heavy atom. The zero-order chi connectivity index (χ0) is 14.6. The molecule has 0 aromatic heterocycles. The van der Waals surface area contributed by atoms with E-state index in [9.17, 15) is 13.6 Å². The van der Waals surface area contributed by atoms with Gasteiger partial charge in [-0.05, 0) is 37.5 Å². The third-order valence-electron chi connectivity index (χ3n) is 2.87. The van der Waals surface area contributed by atoms with Crippen molar-refractivity contribution in [3.05, 3.63) is 32.8 Å². The molecule has 1 aromatic rings. The number of carbonyl (C=O) groups excluding carboxylic acids is 1. The Hall–Kier alpha value is -0.810. The lowest BCUT2D eigenvalue weighted by Gasteiger charge is -2.13. The molecule has 0 amide bonds. The maximum absolute atomic E-state index is 12.1. The maximum atomic E-state index is 12.1. The van der Waals surface area contributed by atoms with Gasteiger partial charge in [-0.3, -0.25) is 4.79 Å². The van der Waals surface area contributed by atoms with Crippen LogP contribution in [0.15, 0.2) is 10.5 Å². The molecule has 0 radical (unpaired) electrons. The van der Waals surface area contributed by atoms with Gasteiger partial charge in [0.2, 0.25) is 0 Å². The number of benzene rings is 1. The van der Waals surface area contributed by atoms with Crippen molar-refractivity contribution in [3.63, 3.8) is 0 Å². The van der Waals surface area contributed by atoms with Gasteiger partial charge < -0.3 is 4.74 Å². The third kappa shape index (κ3) is 4.35. The fourth-order valence-corrected chi connectivity index (χ4v) is 2.37. The normalized spacial score (nSPS) is 11.1. The summed E-state index contributed by atoms with van der Waals surface area (Å²) < 4.78 is 29.4. The highest BCUT2D eigenvalue weighted by Gasteiger charge is 2.16. The summed E-state index contributed by atoms with van der Waals surface area (Å²) in [5.74, 6) is -0.0787. The first kappa shape index (κ1) is 16.2. The number of ketones is 1. The molecule has 0 N–H and O–H groups in total. The second-order valence-corrected chi connectivity index (χ2v) is 5.26. The Kier molecular flexibility index (Phi) is 6.07. The quantitative estimate of drug-likeness (QED) is 0.574. The van der Waals surface area contributed by atoms with Crippen molar-refractivity contribution in [2.45, 2.75) is 33.6 Å². The first-order chi connectivity index (χ1) is 8.84. The van der Waals surface area contributed by atoms with Gasteiger partial charge in [-0.25, -0.2) is 8.78 Å². The van der Waals surface area contributed by atoms with Gasteiger partial charge in [0, 0.05) is 16.5 Å². The molecule has 0 spiro atoms. The monoisotopic (exact) mass is 334 g/mol.